The Balaban J connectivity index is 1.37. The molecule has 1 aromatic carbocycles. The van der Waals surface area contributed by atoms with Crippen molar-refractivity contribution in [2.24, 2.45) is 0 Å². The van der Waals surface area contributed by atoms with Crippen molar-refractivity contribution >= 4 is 34.3 Å². The molecule has 6 rings (SSSR count). The summed E-state index contributed by atoms with van der Waals surface area (Å²) in [6, 6.07) is 1.27. The van der Waals surface area contributed by atoms with Gasteiger partial charge in [0, 0.05) is 31.9 Å². The highest BCUT2D eigenvalue weighted by Gasteiger charge is 2.35. The zero-order chi connectivity index (χ0) is 36.1. The first-order valence-corrected chi connectivity index (χ1v) is 16.4. The van der Waals surface area contributed by atoms with Crippen LogP contribution in [-0.2, 0) is 28.7 Å². The van der Waals surface area contributed by atoms with E-state index >= 15 is 0 Å². The van der Waals surface area contributed by atoms with Crippen LogP contribution in [0.5, 0.6) is 5.88 Å². The Bertz CT molecular complexity index is 2040. The number of halogens is 4. The topological polar surface area (TPSA) is 135 Å². The fraction of sp³-hybridized carbons (Fsp3) is 0.485. The molecule has 0 radical (unpaired) electrons. The van der Waals surface area contributed by atoms with Crippen LogP contribution in [-0.4, -0.2) is 79.4 Å². The molecule has 17 heteroatoms. The van der Waals surface area contributed by atoms with Gasteiger partial charge in [0.2, 0.25) is 17.6 Å². The van der Waals surface area contributed by atoms with Crippen molar-refractivity contribution in [1.29, 1.82) is 0 Å². The largest absolute Gasteiger partial charge is 0.492 e. The summed E-state index contributed by atoms with van der Waals surface area (Å²) in [5.74, 6) is -1.66. The van der Waals surface area contributed by atoms with Gasteiger partial charge in [0.15, 0.2) is 5.82 Å². The predicted octanol–water partition coefficient (Wildman–Crippen LogP) is 4.48. The molecule has 3 aromatic heterocycles. The van der Waals surface area contributed by atoms with E-state index in [9.17, 15) is 32.3 Å². The smallest absolute Gasteiger partial charge is 0.419 e. The van der Waals surface area contributed by atoms with Crippen molar-refractivity contribution in [2.45, 2.75) is 66.2 Å². The third-order valence-electron chi connectivity index (χ3n) is 9.04. The average Bonchev–Trinajstić information content (AvgIpc) is 3.65. The summed E-state index contributed by atoms with van der Waals surface area (Å²) in [5, 5.41) is 22.5. The first-order chi connectivity index (χ1) is 23.7. The molecule has 0 spiro atoms. The lowest BCUT2D eigenvalue weighted by Crippen LogP contribution is -2.49. The number of benzene rings is 1. The summed E-state index contributed by atoms with van der Waals surface area (Å²) in [6.07, 6.45) is -2.21. The van der Waals surface area contributed by atoms with Crippen LogP contribution >= 0.6 is 0 Å². The number of aromatic nitrogens is 6. The van der Waals surface area contributed by atoms with E-state index in [0.29, 0.717) is 93.0 Å². The minimum absolute atomic E-state index is 0.0304. The van der Waals surface area contributed by atoms with E-state index in [1.54, 1.807) is 9.25 Å². The van der Waals surface area contributed by atoms with Gasteiger partial charge >= 0.3 is 6.18 Å². The molecule has 0 bridgehead atoms. The molecule has 2 aliphatic rings. The van der Waals surface area contributed by atoms with Gasteiger partial charge in [0.25, 0.3) is 5.56 Å². The summed E-state index contributed by atoms with van der Waals surface area (Å²) in [5.41, 5.74) is 1.04. The second-order valence-electron chi connectivity index (χ2n) is 12.7. The van der Waals surface area contributed by atoms with Crippen molar-refractivity contribution in [3.8, 4) is 5.88 Å². The minimum atomic E-state index is -4.89. The van der Waals surface area contributed by atoms with Gasteiger partial charge in [-0.1, -0.05) is 13.0 Å². The second kappa shape index (κ2) is 13.4. The third kappa shape index (κ3) is 6.41. The standard InChI is InChI=1S/C33H39F4N9O4/c1-6-25-28(43-11-9-42(10-12-43)27-20(5)40-45(18(2)3)30(27)48)31(49)46-32(39-29(41-46)21-7-13-50-14-8-21)44(25)17-26(47)38-24-16-23(34)22(15-19(24)4)33(35,36)37/h7,15-16,18,48H,6,8-14,17H2,1-5H3,(H,38,47). The number of fused-ring (bicyclic) bond motifs is 1. The van der Waals surface area contributed by atoms with Gasteiger partial charge in [-0.2, -0.15) is 27.8 Å². The summed E-state index contributed by atoms with van der Waals surface area (Å²) in [6.45, 7) is 11.1. The van der Waals surface area contributed by atoms with Gasteiger partial charge in [-0.05, 0) is 63.8 Å². The molecule has 0 atom stereocenters. The highest BCUT2D eigenvalue weighted by molar-refractivity contribution is 5.92. The highest BCUT2D eigenvalue weighted by Crippen LogP contribution is 2.36. The Morgan fingerprint density at radius 2 is 1.76 bits per heavy atom. The molecular weight excluding hydrogens is 662 g/mol. The Kier molecular flexibility index (Phi) is 9.37. The Hall–Kier alpha value is -4.93. The zero-order valence-corrected chi connectivity index (χ0v) is 28.4. The quantitative estimate of drug-likeness (QED) is 0.255. The lowest BCUT2D eigenvalue weighted by molar-refractivity contribution is -0.140. The number of hydrogen-bond acceptors (Lipinski definition) is 9. The summed E-state index contributed by atoms with van der Waals surface area (Å²) >= 11 is 0. The molecule has 1 amide bonds. The van der Waals surface area contributed by atoms with Crippen molar-refractivity contribution in [3.05, 3.63) is 62.7 Å². The maximum absolute atomic E-state index is 14.5. The third-order valence-corrected chi connectivity index (χ3v) is 9.04. The molecule has 13 nitrogen and oxygen atoms in total. The van der Waals surface area contributed by atoms with Gasteiger partial charge in [-0.3, -0.25) is 9.59 Å². The van der Waals surface area contributed by atoms with E-state index in [1.807, 2.05) is 43.6 Å². The molecule has 0 saturated carbocycles. The van der Waals surface area contributed by atoms with E-state index in [-0.39, 0.29) is 35.5 Å². The molecule has 4 aromatic rings. The number of carbonyl (C=O) groups excluding carboxylic acids is 1. The van der Waals surface area contributed by atoms with Crippen molar-refractivity contribution in [1.82, 2.24) is 28.9 Å². The normalized spacial score (nSPS) is 15.7. The maximum Gasteiger partial charge on any atom is 0.419 e. The molecular formula is C33H39F4N9O4. The highest BCUT2D eigenvalue weighted by atomic mass is 19.4. The number of nitrogens with one attached hydrogen (secondary N) is 1. The number of carbonyl (C=O) groups is 1. The van der Waals surface area contributed by atoms with Gasteiger partial charge in [-0.25, -0.2) is 9.07 Å². The second-order valence-corrected chi connectivity index (χ2v) is 12.7. The summed E-state index contributed by atoms with van der Waals surface area (Å²) < 4.78 is 64.0. The van der Waals surface area contributed by atoms with Crippen molar-refractivity contribution < 1.29 is 32.2 Å². The number of alkyl halides is 3. The number of nitrogens with zero attached hydrogens (tertiary/aromatic N) is 8. The van der Waals surface area contributed by atoms with Crippen LogP contribution < -0.4 is 20.7 Å². The zero-order valence-electron chi connectivity index (χ0n) is 28.4. The molecule has 1 fully saturated rings. The maximum atomic E-state index is 14.5. The lowest BCUT2D eigenvalue weighted by Gasteiger charge is -2.37. The van der Waals surface area contributed by atoms with Crippen LogP contribution in [0.25, 0.3) is 11.4 Å². The summed E-state index contributed by atoms with van der Waals surface area (Å²) in [4.78, 5) is 36.4. The van der Waals surface area contributed by atoms with E-state index < -0.39 is 29.0 Å². The molecule has 5 heterocycles. The number of hydrogen-bond donors (Lipinski definition) is 2. The predicted molar refractivity (Wildman–Crippen MR) is 178 cm³/mol. The first kappa shape index (κ1) is 34.9. The minimum Gasteiger partial charge on any atom is -0.492 e. The van der Waals surface area contributed by atoms with Gasteiger partial charge < -0.3 is 29.5 Å². The van der Waals surface area contributed by atoms with E-state index in [1.165, 1.54) is 11.4 Å². The van der Waals surface area contributed by atoms with E-state index in [2.05, 4.69) is 20.5 Å². The van der Waals surface area contributed by atoms with Crippen LogP contribution in [0.3, 0.4) is 0 Å². The number of rotatable bonds is 8. The van der Waals surface area contributed by atoms with Crippen molar-refractivity contribution in [2.75, 3.05) is 54.5 Å². The fourth-order valence-corrected chi connectivity index (χ4v) is 6.57. The monoisotopic (exact) mass is 701 g/mol. The van der Waals surface area contributed by atoms with Crippen LogP contribution in [0.4, 0.5) is 34.6 Å². The van der Waals surface area contributed by atoms with Crippen LogP contribution in [0.2, 0.25) is 0 Å². The van der Waals surface area contributed by atoms with E-state index in [4.69, 9.17) is 4.74 Å². The number of ether oxygens (including phenoxy) is 1. The van der Waals surface area contributed by atoms with Crippen LogP contribution in [0, 0.1) is 19.7 Å². The fourth-order valence-electron chi connectivity index (χ4n) is 6.57. The molecule has 2 N–H and O–H groups in total. The first-order valence-electron chi connectivity index (χ1n) is 16.4. The number of piperazine rings is 1. The lowest BCUT2D eigenvalue weighted by atomic mass is 10.1. The van der Waals surface area contributed by atoms with Gasteiger partial charge in [0.05, 0.1) is 36.2 Å². The average molecular weight is 702 g/mol. The number of amides is 1. The Morgan fingerprint density at radius 1 is 1.08 bits per heavy atom. The van der Waals surface area contributed by atoms with Crippen LogP contribution in [0.15, 0.2) is 23.0 Å². The molecule has 2 aliphatic heterocycles. The van der Waals surface area contributed by atoms with Crippen LogP contribution in [0.1, 0.15) is 61.6 Å². The molecule has 1 saturated heterocycles. The Morgan fingerprint density at radius 3 is 2.34 bits per heavy atom. The van der Waals surface area contributed by atoms with Crippen molar-refractivity contribution in [3.63, 3.8) is 0 Å². The van der Waals surface area contributed by atoms with E-state index in [0.717, 1.165) is 5.57 Å². The number of aromatic hydroxyl groups is 1. The Labute approximate surface area is 284 Å². The van der Waals surface area contributed by atoms with Gasteiger partial charge in [-0.15, -0.1) is 5.10 Å². The molecule has 50 heavy (non-hydrogen) atoms. The SMILES string of the molecule is CCc1c(N2CCN(c3c(C)nn(C(C)C)c3O)CC2)c(=O)n2nc(C3=CCOCC3)nc2n1CC(=O)Nc1cc(F)c(C(F)(F)F)cc1C. The molecule has 0 unspecified atom stereocenters. The van der Waals surface area contributed by atoms with Gasteiger partial charge in [0.1, 0.15) is 23.7 Å². The molecule has 0 aliphatic carbocycles. The number of anilines is 3. The number of aryl methyl sites for hydroxylation is 2. The molecule has 268 valence electrons. The summed E-state index contributed by atoms with van der Waals surface area (Å²) in [7, 11) is 0.